The van der Waals surface area contributed by atoms with E-state index < -0.39 is 0 Å². The number of thiophene rings is 1. The first-order valence-corrected chi connectivity index (χ1v) is 14.5. The molecule has 0 N–H and O–H groups in total. The molecule has 0 atom stereocenters. The maximum Gasteiger partial charge on any atom is 0.145 e. The van der Waals surface area contributed by atoms with Gasteiger partial charge in [-0.1, -0.05) is 66.7 Å². The average Bonchev–Trinajstić information content (AvgIpc) is 3.62. The van der Waals surface area contributed by atoms with E-state index in [9.17, 15) is 0 Å². The molecule has 0 fully saturated rings. The molecule has 9 rings (SSSR count). The van der Waals surface area contributed by atoms with Crippen LogP contribution in [0.15, 0.2) is 134 Å². The smallest absolute Gasteiger partial charge is 0.145 e. The Hall–Kier alpha value is -5.26. The number of aromatic nitrogens is 3. The molecule has 3 aromatic heterocycles. The van der Waals surface area contributed by atoms with E-state index in [0.29, 0.717) is 0 Å². The molecule has 1 aliphatic rings. The summed E-state index contributed by atoms with van der Waals surface area (Å²) in [6.45, 7) is 0. The molecule has 0 bridgehead atoms. The van der Waals surface area contributed by atoms with Gasteiger partial charge in [0.05, 0.1) is 28.1 Å². The predicted octanol–water partition coefficient (Wildman–Crippen LogP) is 9.91. The monoisotopic (exact) mass is 542 g/mol. The quantitative estimate of drug-likeness (QED) is 0.223. The van der Waals surface area contributed by atoms with Crippen LogP contribution in [0.3, 0.4) is 0 Å². The lowest BCUT2D eigenvalue weighted by molar-refractivity contribution is 1.06. The Labute approximate surface area is 240 Å². The molecule has 1 aliphatic heterocycles. The summed E-state index contributed by atoms with van der Waals surface area (Å²) in [6, 6.07) is 43.3. The molecule has 0 unspecified atom stereocenters. The molecule has 0 saturated heterocycles. The van der Waals surface area contributed by atoms with Crippen LogP contribution in [0.4, 0.5) is 17.1 Å². The third kappa shape index (κ3) is 3.27. The molecule has 5 heteroatoms. The van der Waals surface area contributed by atoms with E-state index >= 15 is 0 Å². The Kier molecular flexibility index (Phi) is 4.74. The highest BCUT2D eigenvalue weighted by atomic mass is 32.1. The molecule has 41 heavy (non-hydrogen) atoms. The highest BCUT2D eigenvalue weighted by Crippen LogP contribution is 2.48. The third-order valence-corrected chi connectivity index (χ3v) is 9.26. The van der Waals surface area contributed by atoms with Gasteiger partial charge in [-0.3, -0.25) is 9.55 Å². The molecule has 4 heterocycles. The molecule has 0 radical (unpaired) electrons. The van der Waals surface area contributed by atoms with E-state index in [2.05, 4.69) is 124 Å². The van der Waals surface area contributed by atoms with Crippen LogP contribution in [-0.4, -0.2) is 14.5 Å². The normalized spacial score (nSPS) is 12.3. The summed E-state index contributed by atoms with van der Waals surface area (Å²) in [4.78, 5) is 11.7. The van der Waals surface area contributed by atoms with Gasteiger partial charge in [0.15, 0.2) is 0 Å². The van der Waals surface area contributed by atoms with E-state index in [1.54, 1.807) is 0 Å². The molecular weight excluding hydrogens is 520 g/mol. The Morgan fingerprint density at radius 1 is 0.561 bits per heavy atom. The van der Waals surface area contributed by atoms with Gasteiger partial charge in [0.2, 0.25) is 0 Å². The van der Waals surface area contributed by atoms with Crippen molar-refractivity contribution in [3.8, 4) is 28.2 Å². The van der Waals surface area contributed by atoms with Crippen LogP contribution in [0.1, 0.15) is 0 Å². The van der Waals surface area contributed by atoms with Crippen LogP contribution < -0.4 is 4.90 Å². The number of rotatable bonds is 3. The molecule has 5 aromatic carbocycles. The van der Waals surface area contributed by atoms with E-state index in [4.69, 9.17) is 4.98 Å². The summed E-state index contributed by atoms with van der Waals surface area (Å²) in [7, 11) is 0. The van der Waals surface area contributed by atoms with Gasteiger partial charge in [0.1, 0.15) is 5.82 Å². The number of fused-ring (bicyclic) bond motifs is 5. The van der Waals surface area contributed by atoms with Crippen molar-refractivity contribution in [2.45, 2.75) is 0 Å². The number of hydrogen-bond donors (Lipinski definition) is 0. The largest absolute Gasteiger partial charge is 0.306 e. The summed E-state index contributed by atoms with van der Waals surface area (Å²) in [5.74, 6) is 0.925. The SMILES string of the molecule is c1ccc2c(c1)N(c1ccc(-c3cccc4c3sc3ccccc34)cc1)c1cccc3nc(-c4ccncc4)n-2c13. The van der Waals surface area contributed by atoms with Gasteiger partial charge in [-0.05, 0) is 65.7 Å². The molecule has 0 aliphatic carbocycles. The number of imidazole rings is 1. The van der Waals surface area contributed by atoms with Gasteiger partial charge in [-0.25, -0.2) is 4.98 Å². The predicted molar refractivity (Wildman–Crippen MR) is 171 cm³/mol. The van der Waals surface area contributed by atoms with Gasteiger partial charge in [0, 0.05) is 43.8 Å². The lowest BCUT2D eigenvalue weighted by Crippen LogP contribution is -2.18. The summed E-state index contributed by atoms with van der Waals surface area (Å²) >= 11 is 1.87. The summed E-state index contributed by atoms with van der Waals surface area (Å²) in [5, 5.41) is 2.65. The fourth-order valence-electron chi connectivity index (χ4n) is 6.23. The van der Waals surface area contributed by atoms with Crippen molar-refractivity contribution in [2.24, 2.45) is 0 Å². The molecule has 192 valence electrons. The van der Waals surface area contributed by atoms with Gasteiger partial charge >= 0.3 is 0 Å². The first-order valence-electron chi connectivity index (χ1n) is 13.7. The highest BCUT2D eigenvalue weighted by molar-refractivity contribution is 7.26. The standard InChI is InChI=1S/C36H22N4S/c1-4-14-33-27(7-1)28-9-5-8-26(35(28)41-33)23-15-17-25(18-16-23)39-30-11-2-3-12-31(30)40-34-29(10-6-13-32(34)39)38-36(40)24-19-21-37-22-20-24/h1-22H. The Morgan fingerprint density at radius 3 is 2.17 bits per heavy atom. The first kappa shape index (κ1) is 22.5. The van der Waals surface area contributed by atoms with Gasteiger partial charge in [0.25, 0.3) is 0 Å². The maximum absolute atomic E-state index is 5.09. The van der Waals surface area contributed by atoms with E-state index in [1.807, 2.05) is 35.9 Å². The van der Waals surface area contributed by atoms with Crippen molar-refractivity contribution in [3.63, 3.8) is 0 Å². The third-order valence-electron chi connectivity index (χ3n) is 8.04. The maximum atomic E-state index is 5.09. The molecule has 8 aromatic rings. The van der Waals surface area contributed by atoms with Gasteiger partial charge < -0.3 is 4.90 Å². The number of anilines is 3. The van der Waals surface area contributed by atoms with E-state index in [1.165, 1.54) is 31.3 Å². The molecule has 4 nitrogen and oxygen atoms in total. The second-order valence-corrected chi connectivity index (χ2v) is 11.4. The van der Waals surface area contributed by atoms with Crippen LogP contribution in [0, 0.1) is 0 Å². The van der Waals surface area contributed by atoms with Crippen molar-refractivity contribution < 1.29 is 0 Å². The minimum atomic E-state index is 0.925. The highest BCUT2D eigenvalue weighted by Gasteiger charge is 2.29. The molecule has 0 saturated carbocycles. The summed E-state index contributed by atoms with van der Waals surface area (Å²) < 4.78 is 4.96. The summed E-state index contributed by atoms with van der Waals surface area (Å²) in [5.41, 5.74) is 10.1. The van der Waals surface area contributed by atoms with E-state index in [0.717, 1.165) is 45.2 Å². The second kappa shape index (κ2) is 8.62. The minimum absolute atomic E-state index is 0.925. The zero-order valence-corrected chi connectivity index (χ0v) is 22.7. The van der Waals surface area contributed by atoms with Crippen LogP contribution >= 0.6 is 11.3 Å². The zero-order valence-electron chi connectivity index (χ0n) is 21.9. The molecular formula is C36H22N4S. The molecule has 0 amide bonds. The zero-order chi connectivity index (χ0) is 26.9. The van der Waals surface area contributed by atoms with Crippen LogP contribution in [-0.2, 0) is 0 Å². The Bertz CT molecular complexity index is 2260. The lowest BCUT2D eigenvalue weighted by atomic mass is 10.0. The number of hydrogen-bond acceptors (Lipinski definition) is 4. The number of para-hydroxylation sites is 3. The summed E-state index contributed by atoms with van der Waals surface area (Å²) in [6.07, 6.45) is 3.65. The Balaban J connectivity index is 1.22. The first-order chi connectivity index (χ1) is 20.3. The number of pyridine rings is 1. The van der Waals surface area contributed by atoms with Crippen LogP contribution in [0.2, 0.25) is 0 Å². The fraction of sp³-hybridized carbons (Fsp3) is 0. The number of nitrogens with zero attached hydrogens (tertiary/aromatic N) is 4. The topological polar surface area (TPSA) is 34.0 Å². The van der Waals surface area contributed by atoms with Crippen molar-refractivity contribution in [3.05, 3.63) is 134 Å². The minimum Gasteiger partial charge on any atom is -0.306 e. The van der Waals surface area contributed by atoms with Crippen molar-refractivity contribution in [1.82, 2.24) is 14.5 Å². The Morgan fingerprint density at radius 2 is 1.29 bits per heavy atom. The van der Waals surface area contributed by atoms with Crippen molar-refractivity contribution >= 4 is 59.6 Å². The fourth-order valence-corrected chi connectivity index (χ4v) is 7.47. The number of benzene rings is 5. The molecule has 0 spiro atoms. The van der Waals surface area contributed by atoms with Gasteiger partial charge in [-0.15, -0.1) is 11.3 Å². The van der Waals surface area contributed by atoms with E-state index in [-0.39, 0.29) is 0 Å². The average molecular weight is 543 g/mol. The van der Waals surface area contributed by atoms with Gasteiger partial charge in [-0.2, -0.15) is 0 Å². The van der Waals surface area contributed by atoms with Crippen molar-refractivity contribution in [1.29, 1.82) is 0 Å². The lowest BCUT2D eigenvalue weighted by Gasteiger charge is -2.33. The van der Waals surface area contributed by atoms with Crippen molar-refractivity contribution in [2.75, 3.05) is 4.90 Å². The van der Waals surface area contributed by atoms with Crippen LogP contribution in [0.25, 0.3) is 59.4 Å². The second-order valence-electron chi connectivity index (χ2n) is 10.3. The van der Waals surface area contributed by atoms with Crippen LogP contribution in [0.5, 0.6) is 0 Å².